The quantitative estimate of drug-likeness (QED) is 0.843. The molecule has 0 fully saturated rings. The highest BCUT2D eigenvalue weighted by Crippen LogP contribution is 2.17. The standard InChI is InChI=1S/C16H23N3O/c1-4-15(11-20-3)18-13(2)14-6-5-7-16(10-14)19-9-8-17-12-19/h5-10,12-13,15,18H,4,11H2,1-3H3. The second-order valence-corrected chi connectivity index (χ2v) is 5.01. The molecule has 2 unspecified atom stereocenters. The summed E-state index contributed by atoms with van der Waals surface area (Å²) in [7, 11) is 1.74. The lowest BCUT2D eigenvalue weighted by Crippen LogP contribution is -2.34. The summed E-state index contributed by atoms with van der Waals surface area (Å²) in [4.78, 5) is 4.09. The van der Waals surface area contributed by atoms with Gasteiger partial charge in [-0.25, -0.2) is 4.98 Å². The molecule has 0 radical (unpaired) electrons. The maximum atomic E-state index is 5.24. The van der Waals surface area contributed by atoms with E-state index >= 15 is 0 Å². The molecule has 0 bridgehead atoms. The number of rotatable bonds is 7. The molecular formula is C16H23N3O. The van der Waals surface area contributed by atoms with E-state index in [4.69, 9.17) is 4.74 Å². The first-order chi connectivity index (χ1) is 9.74. The van der Waals surface area contributed by atoms with Gasteiger partial charge in [0.25, 0.3) is 0 Å². The van der Waals surface area contributed by atoms with E-state index in [1.807, 2.05) is 17.1 Å². The number of ether oxygens (including phenoxy) is 1. The van der Waals surface area contributed by atoms with Crippen LogP contribution in [0.3, 0.4) is 0 Å². The molecule has 4 nitrogen and oxygen atoms in total. The summed E-state index contributed by atoms with van der Waals surface area (Å²) in [5.74, 6) is 0. The van der Waals surface area contributed by atoms with Crippen LogP contribution >= 0.6 is 0 Å². The van der Waals surface area contributed by atoms with Crippen molar-refractivity contribution in [2.45, 2.75) is 32.4 Å². The zero-order chi connectivity index (χ0) is 14.4. The van der Waals surface area contributed by atoms with Crippen molar-refractivity contribution in [3.05, 3.63) is 48.5 Å². The number of hydrogen-bond acceptors (Lipinski definition) is 3. The Hall–Kier alpha value is -1.65. The minimum absolute atomic E-state index is 0.290. The monoisotopic (exact) mass is 273 g/mol. The molecule has 1 heterocycles. The first kappa shape index (κ1) is 14.8. The van der Waals surface area contributed by atoms with Gasteiger partial charge in [-0.05, 0) is 31.0 Å². The van der Waals surface area contributed by atoms with Crippen LogP contribution in [0.4, 0.5) is 0 Å². The van der Waals surface area contributed by atoms with Gasteiger partial charge in [-0.2, -0.15) is 0 Å². The van der Waals surface area contributed by atoms with Crippen molar-refractivity contribution >= 4 is 0 Å². The van der Waals surface area contributed by atoms with E-state index in [-0.39, 0.29) is 0 Å². The van der Waals surface area contributed by atoms with Crippen molar-refractivity contribution in [3.8, 4) is 5.69 Å². The molecule has 1 N–H and O–H groups in total. The normalized spacial score (nSPS) is 14.2. The average Bonchev–Trinajstić information content (AvgIpc) is 3.01. The molecule has 2 atom stereocenters. The smallest absolute Gasteiger partial charge is 0.0991 e. The van der Waals surface area contributed by atoms with E-state index in [9.17, 15) is 0 Å². The van der Waals surface area contributed by atoms with Crippen molar-refractivity contribution < 1.29 is 4.74 Å². The molecule has 108 valence electrons. The van der Waals surface area contributed by atoms with E-state index in [2.05, 4.69) is 48.4 Å². The maximum Gasteiger partial charge on any atom is 0.0991 e. The lowest BCUT2D eigenvalue weighted by molar-refractivity contribution is 0.159. The highest BCUT2D eigenvalue weighted by Gasteiger charge is 2.12. The van der Waals surface area contributed by atoms with E-state index in [0.717, 1.165) is 18.7 Å². The average molecular weight is 273 g/mol. The van der Waals surface area contributed by atoms with Crippen molar-refractivity contribution in [1.29, 1.82) is 0 Å². The lowest BCUT2D eigenvalue weighted by Gasteiger charge is -2.22. The molecule has 4 heteroatoms. The summed E-state index contributed by atoms with van der Waals surface area (Å²) in [6, 6.07) is 9.19. The van der Waals surface area contributed by atoms with E-state index in [1.165, 1.54) is 5.56 Å². The molecule has 2 aromatic rings. The van der Waals surface area contributed by atoms with Crippen LogP contribution in [0.2, 0.25) is 0 Å². The van der Waals surface area contributed by atoms with Crippen LogP contribution in [0, 0.1) is 0 Å². The topological polar surface area (TPSA) is 39.1 Å². The number of hydrogen-bond donors (Lipinski definition) is 1. The molecule has 1 aromatic carbocycles. The zero-order valence-electron chi connectivity index (χ0n) is 12.4. The molecule has 0 saturated carbocycles. The number of imidazole rings is 1. The van der Waals surface area contributed by atoms with Gasteiger partial charge in [0.1, 0.15) is 0 Å². The Labute approximate surface area is 120 Å². The number of nitrogens with zero attached hydrogens (tertiary/aromatic N) is 2. The van der Waals surface area contributed by atoms with Crippen LogP contribution in [0.5, 0.6) is 0 Å². The number of aromatic nitrogens is 2. The Morgan fingerprint density at radius 3 is 2.90 bits per heavy atom. The van der Waals surface area contributed by atoms with Gasteiger partial charge in [0, 0.05) is 37.3 Å². The van der Waals surface area contributed by atoms with E-state index in [1.54, 1.807) is 13.3 Å². The van der Waals surface area contributed by atoms with Gasteiger partial charge in [0.05, 0.1) is 12.9 Å². The summed E-state index contributed by atoms with van der Waals surface area (Å²) < 4.78 is 7.26. The van der Waals surface area contributed by atoms with Crippen molar-refractivity contribution in [3.63, 3.8) is 0 Å². The predicted molar refractivity (Wildman–Crippen MR) is 81.1 cm³/mol. The van der Waals surface area contributed by atoms with E-state index < -0.39 is 0 Å². The van der Waals surface area contributed by atoms with E-state index in [0.29, 0.717) is 12.1 Å². The van der Waals surface area contributed by atoms with Crippen molar-refractivity contribution in [2.75, 3.05) is 13.7 Å². The summed E-state index contributed by atoms with van der Waals surface area (Å²) in [6.07, 6.45) is 6.62. The lowest BCUT2D eigenvalue weighted by atomic mass is 10.1. The van der Waals surface area contributed by atoms with Gasteiger partial charge in [0.15, 0.2) is 0 Å². The zero-order valence-corrected chi connectivity index (χ0v) is 12.4. The van der Waals surface area contributed by atoms with Gasteiger partial charge >= 0.3 is 0 Å². The molecule has 0 amide bonds. The van der Waals surface area contributed by atoms with Crippen LogP contribution in [0.15, 0.2) is 43.0 Å². The first-order valence-corrected chi connectivity index (χ1v) is 7.08. The fourth-order valence-electron chi connectivity index (χ4n) is 2.30. The summed E-state index contributed by atoms with van der Waals surface area (Å²) in [5, 5.41) is 3.61. The molecule has 0 spiro atoms. The number of benzene rings is 1. The molecule has 2 rings (SSSR count). The SMILES string of the molecule is CCC(COC)NC(C)c1cccc(-n2ccnc2)c1. The molecule has 0 aliphatic rings. The molecule has 0 saturated heterocycles. The van der Waals surface area contributed by atoms with Gasteiger partial charge in [-0.15, -0.1) is 0 Å². The fraction of sp³-hybridized carbons (Fsp3) is 0.438. The summed E-state index contributed by atoms with van der Waals surface area (Å²) >= 11 is 0. The number of methoxy groups -OCH3 is 1. The predicted octanol–water partition coefficient (Wildman–Crippen LogP) is 2.95. The van der Waals surface area contributed by atoms with Crippen LogP contribution in [0.1, 0.15) is 31.9 Å². The third-order valence-electron chi connectivity index (χ3n) is 3.52. The number of nitrogens with one attached hydrogen (secondary N) is 1. The molecule has 1 aromatic heterocycles. The first-order valence-electron chi connectivity index (χ1n) is 7.08. The third-order valence-corrected chi connectivity index (χ3v) is 3.52. The Balaban J connectivity index is 2.10. The Morgan fingerprint density at radius 2 is 2.25 bits per heavy atom. The van der Waals surface area contributed by atoms with Gasteiger partial charge < -0.3 is 14.6 Å². The highest BCUT2D eigenvalue weighted by atomic mass is 16.5. The third kappa shape index (κ3) is 3.68. The molecular weight excluding hydrogens is 250 g/mol. The molecule has 20 heavy (non-hydrogen) atoms. The molecule has 0 aliphatic heterocycles. The molecule has 0 aliphatic carbocycles. The van der Waals surface area contributed by atoms with Gasteiger partial charge in [-0.1, -0.05) is 19.1 Å². The Morgan fingerprint density at radius 1 is 1.40 bits per heavy atom. The van der Waals surface area contributed by atoms with Gasteiger partial charge in [0.2, 0.25) is 0 Å². The fourth-order valence-corrected chi connectivity index (χ4v) is 2.30. The second-order valence-electron chi connectivity index (χ2n) is 5.01. The maximum absolute atomic E-state index is 5.24. The summed E-state index contributed by atoms with van der Waals surface area (Å²) in [5.41, 5.74) is 2.40. The van der Waals surface area contributed by atoms with Crippen LogP contribution in [-0.2, 0) is 4.74 Å². The van der Waals surface area contributed by atoms with Crippen molar-refractivity contribution in [1.82, 2.24) is 14.9 Å². The Bertz CT molecular complexity index is 510. The highest BCUT2D eigenvalue weighted by molar-refractivity contribution is 5.37. The largest absolute Gasteiger partial charge is 0.383 e. The van der Waals surface area contributed by atoms with Crippen molar-refractivity contribution in [2.24, 2.45) is 0 Å². The second kappa shape index (κ2) is 7.22. The van der Waals surface area contributed by atoms with Crippen LogP contribution in [-0.4, -0.2) is 29.3 Å². The van der Waals surface area contributed by atoms with Crippen LogP contribution < -0.4 is 5.32 Å². The van der Waals surface area contributed by atoms with Crippen LogP contribution in [0.25, 0.3) is 5.69 Å². The summed E-state index contributed by atoms with van der Waals surface area (Å²) in [6.45, 7) is 5.10. The van der Waals surface area contributed by atoms with Gasteiger partial charge in [-0.3, -0.25) is 0 Å². The minimum Gasteiger partial charge on any atom is -0.383 e. The Kier molecular flexibility index (Phi) is 5.32. The minimum atomic E-state index is 0.290.